The van der Waals surface area contributed by atoms with Crippen LogP contribution in [0.25, 0.3) is 0 Å². The van der Waals surface area contributed by atoms with Crippen molar-refractivity contribution in [3.8, 4) is 5.75 Å². The second-order valence-electron chi connectivity index (χ2n) is 6.03. The van der Waals surface area contributed by atoms with Crippen molar-refractivity contribution in [2.24, 2.45) is 17.6 Å². The number of aryl methyl sites for hydroxylation is 1. The van der Waals surface area contributed by atoms with Gasteiger partial charge in [0.25, 0.3) is 0 Å². The van der Waals surface area contributed by atoms with E-state index in [1.54, 1.807) is 7.11 Å². The van der Waals surface area contributed by atoms with Gasteiger partial charge in [0, 0.05) is 19.5 Å². The van der Waals surface area contributed by atoms with Gasteiger partial charge in [-0.1, -0.05) is 18.6 Å². The first-order chi connectivity index (χ1) is 10.1. The Morgan fingerprint density at radius 3 is 2.73 bits per heavy atom. The van der Waals surface area contributed by atoms with Crippen molar-refractivity contribution in [3.63, 3.8) is 0 Å². The van der Waals surface area contributed by atoms with Crippen molar-refractivity contribution in [1.82, 2.24) is 4.90 Å². The van der Waals surface area contributed by atoms with Crippen molar-refractivity contribution in [3.05, 3.63) is 29.3 Å². The Morgan fingerprint density at radius 2 is 2.14 bits per heavy atom. The number of halogens is 1. The second kappa shape index (κ2) is 8.39. The van der Waals surface area contributed by atoms with E-state index in [-0.39, 0.29) is 24.2 Å². The smallest absolute Gasteiger partial charge is 0.226 e. The van der Waals surface area contributed by atoms with Crippen LogP contribution in [0.3, 0.4) is 0 Å². The maximum Gasteiger partial charge on any atom is 0.226 e. The van der Waals surface area contributed by atoms with Crippen LogP contribution in [0, 0.1) is 18.8 Å². The minimum Gasteiger partial charge on any atom is -0.496 e. The minimum absolute atomic E-state index is 0. The van der Waals surface area contributed by atoms with E-state index in [4.69, 9.17) is 10.5 Å². The van der Waals surface area contributed by atoms with Crippen LogP contribution >= 0.6 is 12.4 Å². The quantitative estimate of drug-likeness (QED) is 0.905. The highest BCUT2D eigenvalue weighted by molar-refractivity contribution is 5.85. The van der Waals surface area contributed by atoms with Crippen LogP contribution in [-0.4, -0.2) is 31.5 Å². The van der Waals surface area contributed by atoms with E-state index in [1.165, 1.54) is 0 Å². The second-order valence-corrected chi connectivity index (χ2v) is 6.03. The number of amides is 1. The molecule has 1 aromatic carbocycles. The van der Waals surface area contributed by atoms with Crippen molar-refractivity contribution in [2.75, 3.05) is 20.7 Å². The molecule has 2 rings (SSSR count). The van der Waals surface area contributed by atoms with E-state index in [0.29, 0.717) is 19.0 Å². The molecular weight excluding hydrogens is 300 g/mol. The van der Waals surface area contributed by atoms with E-state index in [1.807, 2.05) is 31.0 Å². The standard InChI is InChI=1S/C17H26N2O2.ClH/c1-12-9-13(7-8-16(12)21-3)11-19(2)17(20)15-6-4-5-14(15)10-18;/h7-9,14-15H,4-6,10-11,18H2,1-3H3;1H/t14-,15-;/m1./s1. The largest absolute Gasteiger partial charge is 0.496 e. The number of nitrogens with zero attached hydrogens (tertiary/aromatic N) is 1. The minimum atomic E-state index is 0. The van der Waals surface area contributed by atoms with Gasteiger partial charge in [0.2, 0.25) is 5.91 Å². The SMILES string of the molecule is COc1ccc(CN(C)C(=O)[C@@H]2CCC[C@@H]2CN)cc1C.Cl. The molecule has 22 heavy (non-hydrogen) atoms. The number of nitrogens with two attached hydrogens (primary N) is 1. The van der Waals surface area contributed by atoms with Crippen LogP contribution in [0.15, 0.2) is 18.2 Å². The highest BCUT2D eigenvalue weighted by Gasteiger charge is 2.33. The first-order valence-corrected chi connectivity index (χ1v) is 7.65. The summed E-state index contributed by atoms with van der Waals surface area (Å²) in [5.74, 6) is 1.58. The number of carbonyl (C=O) groups excluding carboxylic acids is 1. The average Bonchev–Trinajstić information content (AvgIpc) is 2.95. The molecule has 1 fully saturated rings. The molecule has 0 radical (unpaired) electrons. The summed E-state index contributed by atoms with van der Waals surface area (Å²) >= 11 is 0. The number of carbonyl (C=O) groups is 1. The zero-order valence-electron chi connectivity index (χ0n) is 13.7. The molecule has 0 saturated heterocycles. The van der Waals surface area contributed by atoms with Gasteiger partial charge in [-0.25, -0.2) is 0 Å². The Balaban J connectivity index is 0.00000242. The Kier molecular flexibility index (Phi) is 7.17. The van der Waals surface area contributed by atoms with Gasteiger partial charge < -0.3 is 15.4 Å². The lowest BCUT2D eigenvalue weighted by atomic mass is 9.94. The summed E-state index contributed by atoms with van der Waals surface area (Å²) in [7, 11) is 3.55. The van der Waals surface area contributed by atoms with Crippen molar-refractivity contribution in [1.29, 1.82) is 0 Å². The normalized spacial score (nSPS) is 20.4. The summed E-state index contributed by atoms with van der Waals surface area (Å²) in [6.07, 6.45) is 3.18. The van der Waals surface area contributed by atoms with Gasteiger partial charge in [0.05, 0.1) is 7.11 Å². The van der Waals surface area contributed by atoms with Crippen molar-refractivity contribution >= 4 is 18.3 Å². The molecule has 4 nitrogen and oxygen atoms in total. The predicted octanol–water partition coefficient (Wildman–Crippen LogP) is 2.76. The summed E-state index contributed by atoms with van der Waals surface area (Å²) in [6.45, 7) is 3.27. The van der Waals surface area contributed by atoms with Gasteiger partial charge in [0.15, 0.2) is 0 Å². The van der Waals surface area contributed by atoms with Crippen LogP contribution in [-0.2, 0) is 11.3 Å². The number of hydrogen-bond acceptors (Lipinski definition) is 3. The van der Waals surface area contributed by atoms with Gasteiger partial charge in [-0.15, -0.1) is 12.4 Å². The molecule has 1 aromatic rings. The zero-order valence-corrected chi connectivity index (χ0v) is 14.5. The molecule has 0 bridgehead atoms. The predicted molar refractivity (Wildman–Crippen MR) is 91.3 cm³/mol. The molecule has 5 heteroatoms. The molecule has 1 aliphatic rings. The van der Waals surface area contributed by atoms with E-state index < -0.39 is 0 Å². The van der Waals surface area contributed by atoms with Gasteiger partial charge in [-0.05, 0) is 49.4 Å². The molecular formula is C17H27ClN2O2. The number of ether oxygens (including phenoxy) is 1. The van der Waals surface area contributed by atoms with E-state index >= 15 is 0 Å². The third-order valence-corrected chi connectivity index (χ3v) is 4.53. The number of rotatable bonds is 5. The highest BCUT2D eigenvalue weighted by Crippen LogP contribution is 2.32. The van der Waals surface area contributed by atoms with Gasteiger partial charge in [-0.3, -0.25) is 4.79 Å². The molecule has 124 valence electrons. The average molecular weight is 327 g/mol. The maximum absolute atomic E-state index is 12.6. The molecule has 2 N–H and O–H groups in total. The van der Waals surface area contributed by atoms with Crippen molar-refractivity contribution in [2.45, 2.75) is 32.7 Å². The van der Waals surface area contributed by atoms with Crippen LogP contribution in [0.1, 0.15) is 30.4 Å². The lowest BCUT2D eigenvalue weighted by Crippen LogP contribution is -2.36. The molecule has 0 unspecified atom stereocenters. The lowest BCUT2D eigenvalue weighted by Gasteiger charge is -2.25. The molecule has 0 aliphatic heterocycles. The molecule has 0 heterocycles. The third kappa shape index (κ3) is 4.14. The molecule has 0 spiro atoms. The Bertz CT molecular complexity index is 507. The fourth-order valence-corrected chi connectivity index (χ4v) is 3.32. The molecule has 1 amide bonds. The molecule has 0 aromatic heterocycles. The van der Waals surface area contributed by atoms with Crippen LogP contribution < -0.4 is 10.5 Å². The highest BCUT2D eigenvalue weighted by atomic mass is 35.5. The number of methoxy groups -OCH3 is 1. The maximum atomic E-state index is 12.6. The molecule has 1 saturated carbocycles. The van der Waals surface area contributed by atoms with Crippen LogP contribution in [0.5, 0.6) is 5.75 Å². The van der Waals surface area contributed by atoms with E-state index in [2.05, 4.69) is 6.07 Å². The topological polar surface area (TPSA) is 55.6 Å². The first-order valence-electron chi connectivity index (χ1n) is 7.65. The van der Waals surface area contributed by atoms with Gasteiger partial charge in [0.1, 0.15) is 5.75 Å². The summed E-state index contributed by atoms with van der Waals surface area (Å²) in [4.78, 5) is 14.4. The van der Waals surface area contributed by atoms with E-state index in [0.717, 1.165) is 36.1 Å². The van der Waals surface area contributed by atoms with Crippen LogP contribution in [0.2, 0.25) is 0 Å². The van der Waals surface area contributed by atoms with Gasteiger partial charge >= 0.3 is 0 Å². The molecule has 2 atom stereocenters. The number of hydrogen-bond donors (Lipinski definition) is 1. The Hall–Kier alpha value is -1.26. The number of benzene rings is 1. The van der Waals surface area contributed by atoms with E-state index in [9.17, 15) is 4.79 Å². The summed E-state index contributed by atoms with van der Waals surface area (Å²) < 4.78 is 5.27. The van der Waals surface area contributed by atoms with Crippen molar-refractivity contribution < 1.29 is 9.53 Å². The third-order valence-electron chi connectivity index (χ3n) is 4.53. The summed E-state index contributed by atoms with van der Waals surface area (Å²) in [6, 6.07) is 6.06. The fourth-order valence-electron chi connectivity index (χ4n) is 3.32. The summed E-state index contributed by atoms with van der Waals surface area (Å²) in [5, 5.41) is 0. The zero-order chi connectivity index (χ0) is 15.4. The molecule has 1 aliphatic carbocycles. The lowest BCUT2D eigenvalue weighted by molar-refractivity contribution is -0.135. The van der Waals surface area contributed by atoms with Crippen LogP contribution in [0.4, 0.5) is 0 Å². The fraction of sp³-hybridized carbons (Fsp3) is 0.588. The monoisotopic (exact) mass is 326 g/mol. The van der Waals surface area contributed by atoms with Gasteiger partial charge in [-0.2, -0.15) is 0 Å². The Morgan fingerprint density at radius 1 is 1.41 bits per heavy atom. The Labute approximate surface area is 139 Å². The first kappa shape index (κ1) is 18.8. The summed E-state index contributed by atoms with van der Waals surface area (Å²) in [5.41, 5.74) is 8.01.